The Morgan fingerprint density at radius 2 is 1.73 bits per heavy atom. The molecule has 1 aliphatic rings. The van der Waals surface area contributed by atoms with Gasteiger partial charge < -0.3 is 10.2 Å². The average Bonchev–Trinajstić information content (AvgIpc) is 2.81. The molecule has 0 atom stereocenters. The minimum atomic E-state index is 0.740. The van der Waals surface area contributed by atoms with Gasteiger partial charge in [0.15, 0.2) is 0 Å². The third kappa shape index (κ3) is 6.59. The standard InChI is InChI=1S/C27H34Cl2N4/c1-33(2)27-23-7-3-4-8-25(23)31-26(32-27)9-5-6-19-10-12-20(13-11-19)17-30-18-21-16-22(28)14-15-24(21)29/h3-4,7-8,14-16,19-20,30H,5-6,9-13,17-18H2,1-2H3. The van der Waals surface area contributed by atoms with Crippen molar-refractivity contribution in [3.8, 4) is 0 Å². The van der Waals surface area contributed by atoms with Crippen LogP contribution in [0.3, 0.4) is 0 Å². The van der Waals surface area contributed by atoms with Gasteiger partial charge in [-0.1, -0.05) is 54.6 Å². The Hall–Kier alpha value is -1.88. The summed E-state index contributed by atoms with van der Waals surface area (Å²) in [6, 6.07) is 14.0. The van der Waals surface area contributed by atoms with Gasteiger partial charge >= 0.3 is 0 Å². The summed E-state index contributed by atoms with van der Waals surface area (Å²) in [6.45, 7) is 1.83. The molecule has 0 amide bonds. The second-order valence-electron chi connectivity index (χ2n) is 9.52. The zero-order chi connectivity index (χ0) is 23.2. The van der Waals surface area contributed by atoms with E-state index < -0.39 is 0 Å². The maximum Gasteiger partial charge on any atom is 0.139 e. The highest BCUT2D eigenvalue weighted by molar-refractivity contribution is 6.33. The molecule has 4 nitrogen and oxygen atoms in total. The molecule has 0 saturated heterocycles. The summed E-state index contributed by atoms with van der Waals surface area (Å²) in [5.41, 5.74) is 2.12. The highest BCUT2D eigenvalue weighted by Gasteiger charge is 2.21. The molecule has 1 aromatic heterocycles. The van der Waals surface area contributed by atoms with Crippen LogP contribution >= 0.6 is 23.2 Å². The first kappa shape index (κ1) is 24.3. The molecule has 0 bridgehead atoms. The van der Waals surface area contributed by atoms with Crippen LogP contribution in [0.2, 0.25) is 10.0 Å². The summed E-state index contributed by atoms with van der Waals surface area (Å²) in [6.07, 6.45) is 8.64. The quantitative estimate of drug-likeness (QED) is 0.357. The number of nitrogens with one attached hydrogen (secondary N) is 1. The molecule has 6 heteroatoms. The van der Waals surface area contributed by atoms with Crippen LogP contribution < -0.4 is 10.2 Å². The summed E-state index contributed by atoms with van der Waals surface area (Å²) in [7, 11) is 4.10. The first-order valence-corrected chi connectivity index (χ1v) is 12.8. The van der Waals surface area contributed by atoms with Crippen molar-refractivity contribution in [3.05, 3.63) is 63.9 Å². The highest BCUT2D eigenvalue weighted by Crippen LogP contribution is 2.32. The number of aromatic nitrogens is 2. The van der Waals surface area contributed by atoms with Gasteiger partial charge in [0.25, 0.3) is 0 Å². The van der Waals surface area contributed by atoms with Crippen molar-refractivity contribution in [1.29, 1.82) is 0 Å². The van der Waals surface area contributed by atoms with Crippen molar-refractivity contribution in [2.75, 3.05) is 25.5 Å². The van der Waals surface area contributed by atoms with Gasteiger partial charge in [-0.25, -0.2) is 9.97 Å². The Bertz CT molecular complexity index is 1060. The zero-order valence-electron chi connectivity index (χ0n) is 19.7. The van der Waals surface area contributed by atoms with Crippen molar-refractivity contribution in [1.82, 2.24) is 15.3 Å². The molecular weight excluding hydrogens is 451 g/mol. The molecule has 2 aromatic carbocycles. The molecule has 0 radical (unpaired) electrons. The number of hydrogen-bond donors (Lipinski definition) is 1. The molecule has 0 spiro atoms. The van der Waals surface area contributed by atoms with Crippen LogP contribution in [0.25, 0.3) is 10.9 Å². The van der Waals surface area contributed by atoms with Gasteiger partial charge in [-0.2, -0.15) is 0 Å². The van der Waals surface area contributed by atoms with E-state index in [2.05, 4.69) is 48.6 Å². The van der Waals surface area contributed by atoms with E-state index in [1.165, 1.54) is 32.1 Å². The molecular formula is C27H34Cl2N4. The molecule has 1 N–H and O–H groups in total. The molecule has 1 aliphatic carbocycles. The lowest BCUT2D eigenvalue weighted by atomic mass is 9.80. The van der Waals surface area contributed by atoms with Crippen molar-refractivity contribution >= 4 is 39.9 Å². The summed E-state index contributed by atoms with van der Waals surface area (Å²) < 4.78 is 0. The highest BCUT2D eigenvalue weighted by atomic mass is 35.5. The average molecular weight is 486 g/mol. The fourth-order valence-corrected chi connectivity index (χ4v) is 5.30. The van der Waals surface area contributed by atoms with E-state index in [1.807, 2.05) is 18.2 Å². The molecule has 176 valence electrons. The van der Waals surface area contributed by atoms with Gasteiger partial charge in [0.1, 0.15) is 11.6 Å². The molecule has 0 unspecified atom stereocenters. The van der Waals surface area contributed by atoms with Gasteiger partial charge in [0.2, 0.25) is 0 Å². The van der Waals surface area contributed by atoms with Gasteiger partial charge in [0.05, 0.1) is 5.52 Å². The summed E-state index contributed by atoms with van der Waals surface area (Å²) in [4.78, 5) is 11.8. The van der Waals surface area contributed by atoms with Gasteiger partial charge in [-0.15, -0.1) is 0 Å². The predicted molar refractivity (Wildman–Crippen MR) is 140 cm³/mol. The number of aryl methyl sites for hydroxylation is 1. The Morgan fingerprint density at radius 1 is 0.970 bits per heavy atom. The number of nitrogens with zero attached hydrogens (tertiary/aromatic N) is 3. The lowest BCUT2D eigenvalue weighted by molar-refractivity contribution is 0.254. The number of fused-ring (bicyclic) bond motifs is 1. The minimum Gasteiger partial charge on any atom is -0.362 e. The van der Waals surface area contributed by atoms with Gasteiger partial charge in [-0.3, -0.25) is 0 Å². The monoisotopic (exact) mass is 484 g/mol. The summed E-state index contributed by atoms with van der Waals surface area (Å²) in [5.74, 6) is 3.57. The van der Waals surface area contributed by atoms with E-state index in [-0.39, 0.29) is 0 Å². The number of rotatable bonds is 9. The topological polar surface area (TPSA) is 41.1 Å². The molecule has 1 heterocycles. The number of halogens is 2. The van der Waals surface area contributed by atoms with E-state index in [9.17, 15) is 0 Å². The van der Waals surface area contributed by atoms with Crippen LogP contribution in [0.4, 0.5) is 5.82 Å². The van der Waals surface area contributed by atoms with Crippen LogP contribution in [0.15, 0.2) is 42.5 Å². The number of anilines is 1. The predicted octanol–water partition coefficient (Wildman–Crippen LogP) is 6.92. The third-order valence-electron chi connectivity index (χ3n) is 6.79. The van der Waals surface area contributed by atoms with Crippen LogP contribution in [-0.4, -0.2) is 30.6 Å². The fourth-order valence-electron chi connectivity index (χ4n) is 4.92. The maximum absolute atomic E-state index is 6.27. The van der Waals surface area contributed by atoms with Crippen LogP contribution in [0.5, 0.6) is 0 Å². The third-order valence-corrected chi connectivity index (χ3v) is 7.39. The van der Waals surface area contributed by atoms with Crippen molar-refractivity contribution in [2.45, 2.75) is 51.5 Å². The molecule has 1 saturated carbocycles. The lowest BCUT2D eigenvalue weighted by Gasteiger charge is -2.28. The largest absolute Gasteiger partial charge is 0.362 e. The first-order chi connectivity index (χ1) is 16.0. The second kappa shape index (κ2) is 11.5. The van der Waals surface area contributed by atoms with E-state index in [0.29, 0.717) is 0 Å². The van der Waals surface area contributed by atoms with Gasteiger partial charge in [-0.05, 0) is 73.5 Å². The molecule has 0 aliphatic heterocycles. The maximum atomic E-state index is 6.27. The van der Waals surface area contributed by atoms with Crippen LogP contribution in [0.1, 0.15) is 49.9 Å². The zero-order valence-corrected chi connectivity index (χ0v) is 21.2. The summed E-state index contributed by atoms with van der Waals surface area (Å²) >= 11 is 12.4. The Labute approximate surface area is 207 Å². The Kier molecular flexibility index (Phi) is 8.45. The lowest BCUT2D eigenvalue weighted by Crippen LogP contribution is -2.26. The first-order valence-electron chi connectivity index (χ1n) is 12.1. The smallest absolute Gasteiger partial charge is 0.139 e. The molecule has 3 aromatic rings. The van der Waals surface area contributed by atoms with Crippen molar-refractivity contribution < 1.29 is 0 Å². The minimum absolute atomic E-state index is 0.740. The normalized spacial score (nSPS) is 18.5. The van der Waals surface area contributed by atoms with Gasteiger partial charge in [0, 0.05) is 42.5 Å². The van der Waals surface area contributed by atoms with E-state index in [0.717, 1.165) is 75.9 Å². The van der Waals surface area contributed by atoms with Crippen molar-refractivity contribution in [3.63, 3.8) is 0 Å². The van der Waals surface area contributed by atoms with E-state index in [1.54, 1.807) is 0 Å². The van der Waals surface area contributed by atoms with Crippen LogP contribution in [0, 0.1) is 11.8 Å². The number of hydrogen-bond acceptors (Lipinski definition) is 4. The number of benzene rings is 2. The van der Waals surface area contributed by atoms with Crippen LogP contribution in [-0.2, 0) is 13.0 Å². The molecule has 4 rings (SSSR count). The SMILES string of the molecule is CN(C)c1nc(CCCC2CCC(CNCc3cc(Cl)ccc3Cl)CC2)nc2ccccc12. The number of para-hydroxylation sites is 1. The molecule has 1 fully saturated rings. The van der Waals surface area contributed by atoms with Crippen molar-refractivity contribution in [2.24, 2.45) is 11.8 Å². The van der Waals surface area contributed by atoms with E-state index >= 15 is 0 Å². The van der Waals surface area contributed by atoms with E-state index in [4.69, 9.17) is 33.2 Å². The Balaban J connectivity index is 1.20. The molecule has 33 heavy (non-hydrogen) atoms. The Morgan fingerprint density at radius 3 is 2.52 bits per heavy atom. The summed E-state index contributed by atoms with van der Waals surface area (Å²) in [5, 5.41) is 6.23. The fraction of sp³-hybridized carbons (Fsp3) is 0.481. The second-order valence-corrected chi connectivity index (χ2v) is 10.4.